The number of nitrogens with zero attached hydrogens (tertiary/aromatic N) is 3. The van der Waals surface area contributed by atoms with Crippen molar-refractivity contribution in [3.63, 3.8) is 0 Å². The Balaban J connectivity index is 1.66. The van der Waals surface area contributed by atoms with Crippen LogP contribution < -0.4 is 0 Å². The number of hydrogen-bond donors (Lipinski definition) is 0. The maximum atomic E-state index is 4.51. The van der Waals surface area contributed by atoms with Crippen molar-refractivity contribution in [2.45, 2.75) is 12.8 Å². The largest absolute Gasteiger partial charge is 0.234 e. The molecule has 88 valence electrons. The van der Waals surface area contributed by atoms with E-state index in [2.05, 4.69) is 21.9 Å². The minimum atomic E-state index is 0.829. The fourth-order valence-electron chi connectivity index (χ4n) is 1.68. The Morgan fingerprint density at radius 1 is 1.28 bits per heavy atom. The van der Waals surface area contributed by atoms with Crippen molar-refractivity contribution < 1.29 is 0 Å². The highest BCUT2D eigenvalue weighted by molar-refractivity contribution is 7.10. The van der Waals surface area contributed by atoms with Gasteiger partial charge in [-0.2, -0.15) is 5.10 Å². The summed E-state index contributed by atoms with van der Waals surface area (Å²) in [4.78, 5) is 5.62. The third-order valence-corrected chi connectivity index (χ3v) is 3.34. The van der Waals surface area contributed by atoms with Crippen molar-refractivity contribution in [1.82, 2.24) is 14.6 Å². The maximum Gasteiger partial charge on any atom is 0.155 e. The van der Waals surface area contributed by atoms with Crippen molar-refractivity contribution in [1.29, 1.82) is 0 Å². The molecule has 0 radical (unpaired) electrons. The molecular weight excluding hydrogens is 242 g/mol. The molecular formula is C14H11N3S. The van der Waals surface area contributed by atoms with Crippen LogP contribution in [0.25, 0.3) is 5.65 Å². The number of aryl methyl sites for hydroxylation is 1. The maximum absolute atomic E-state index is 4.51. The van der Waals surface area contributed by atoms with Crippen LogP contribution in [-0.4, -0.2) is 14.6 Å². The molecule has 0 bridgehead atoms. The fraction of sp³-hybridized carbons (Fsp3) is 0.143. The van der Waals surface area contributed by atoms with Gasteiger partial charge in [0.25, 0.3) is 0 Å². The summed E-state index contributed by atoms with van der Waals surface area (Å²) in [6, 6.07) is 7.95. The summed E-state index contributed by atoms with van der Waals surface area (Å²) in [6.45, 7) is 0. The van der Waals surface area contributed by atoms with Crippen molar-refractivity contribution in [2.75, 3.05) is 0 Å². The van der Waals surface area contributed by atoms with E-state index in [1.165, 1.54) is 0 Å². The highest BCUT2D eigenvalue weighted by Gasteiger charge is 1.97. The first kappa shape index (κ1) is 11.0. The first-order valence-electron chi connectivity index (χ1n) is 5.73. The molecule has 0 atom stereocenters. The molecule has 3 nitrogen and oxygen atoms in total. The first-order valence-corrected chi connectivity index (χ1v) is 6.61. The average Bonchev–Trinajstić information content (AvgIpc) is 3.05. The molecule has 3 aromatic heterocycles. The molecule has 3 aromatic rings. The molecule has 0 aliphatic carbocycles. The lowest BCUT2D eigenvalue weighted by atomic mass is 10.2. The van der Waals surface area contributed by atoms with Gasteiger partial charge in [0.1, 0.15) is 0 Å². The van der Waals surface area contributed by atoms with Gasteiger partial charge < -0.3 is 0 Å². The highest BCUT2D eigenvalue weighted by atomic mass is 32.1. The second-order valence-electron chi connectivity index (χ2n) is 3.83. The van der Waals surface area contributed by atoms with Crippen LogP contribution in [-0.2, 0) is 6.42 Å². The minimum Gasteiger partial charge on any atom is -0.234 e. The third-order valence-electron chi connectivity index (χ3n) is 2.55. The standard InChI is InChI=1S/C14H11N3S/c1(2-5-13-6-3-11-18-13)4-12-8-10-17-14(16-12)7-9-15-17/h3,6-11H,1,4H2. The molecule has 18 heavy (non-hydrogen) atoms. The van der Waals surface area contributed by atoms with Crippen LogP contribution >= 0.6 is 11.3 Å². The molecule has 0 aliphatic heterocycles. The molecule has 0 saturated carbocycles. The van der Waals surface area contributed by atoms with E-state index >= 15 is 0 Å². The van der Waals surface area contributed by atoms with Crippen LogP contribution in [0.5, 0.6) is 0 Å². The highest BCUT2D eigenvalue weighted by Crippen LogP contribution is 2.06. The zero-order chi connectivity index (χ0) is 12.2. The predicted octanol–water partition coefficient (Wildman–Crippen LogP) is 2.78. The lowest BCUT2D eigenvalue weighted by Crippen LogP contribution is -1.94. The van der Waals surface area contributed by atoms with Gasteiger partial charge in [0.05, 0.1) is 11.1 Å². The van der Waals surface area contributed by atoms with Crippen LogP contribution in [0.2, 0.25) is 0 Å². The van der Waals surface area contributed by atoms with E-state index in [9.17, 15) is 0 Å². The Morgan fingerprint density at radius 3 is 3.17 bits per heavy atom. The van der Waals surface area contributed by atoms with Gasteiger partial charge in [0.2, 0.25) is 0 Å². The van der Waals surface area contributed by atoms with Gasteiger partial charge in [0, 0.05) is 30.8 Å². The monoisotopic (exact) mass is 253 g/mol. The Morgan fingerprint density at radius 2 is 2.28 bits per heavy atom. The van der Waals surface area contributed by atoms with Gasteiger partial charge >= 0.3 is 0 Å². The molecule has 0 N–H and O–H groups in total. The summed E-state index contributed by atoms with van der Waals surface area (Å²) in [6.07, 6.45) is 5.39. The average molecular weight is 253 g/mol. The normalized spacial score (nSPS) is 10.2. The minimum absolute atomic E-state index is 0.829. The second kappa shape index (κ2) is 5.03. The Labute approximate surface area is 109 Å². The summed E-state index contributed by atoms with van der Waals surface area (Å²) in [5.74, 6) is 6.33. The SMILES string of the molecule is C(#Cc1cccs1)CCc1ccn2nccc2n1. The quantitative estimate of drug-likeness (QED) is 0.657. The Kier molecular flexibility index (Phi) is 3.07. The first-order chi connectivity index (χ1) is 8.92. The van der Waals surface area contributed by atoms with Gasteiger partial charge in [-0.05, 0) is 17.5 Å². The summed E-state index contributed by atoms with van der Waals surface area (Å²) < 4.78 is 1.76. The van der Waals surface area contributed by atoms with E-state index in [0.717, 1.165) is 29.1 Å². The van der Waals surface area contributed by atoms with Gasteiger partial charge in [-0.25, -0.2) is 9.50 Å². The van der Waals surface area contributed by atoms with E-state index in [4.69, 9.17) is 0 Å². The molecule has 3 heterocycles. The van der Waals surface area contributed by atoms with Crippen LogP contribution in [0.1, 0.15) is 17.0 Å². The molecule has 3 rings (SSSR count). The van der Waals surface area contributed by atoms with Crippen LogP contribution in [0, 0.1) is 11.8 Å². The van der Waals surface area contributed by atoms with E-state index in [1.807, 2.05) is 35.8 Å². The molecule has 0 saturated heterocycles. The molecule has 4 heteroatoms. The molecule has 0 spiro atoms. The van der Waals surface area contributed by atoms with E-state index in [1.54, 1.807) is 22.0 Å². The van der Waals surface area contributed by atoms with Crippen molar-refractivity contribution in [3.05, 3.63) is 52.6 Å². The zero-order valence-electron chi connectivity index (χ0n) is 9.71. The summed E-state index contributed by atoms with van der Waals surface area (Å²) in [5, 5.41) is 6.16. The number of aromatic nitrogens is 3. The Bertz CT molecular complexity index is 701. The molecule has 0 amide bonds. The number of hydrogen-bond acceptors (Lipinski definition) is 3. The molecule has 0 aromatic carbocycles. The fourth-order valence-corrected chi connectivity index (χ4v) is 2.27. The third kappa shape index (κ3) is 2.41. The molecule has 0 unspecified atom stereocenters. The van der Waals surface area contributed by atoms with Crippen LogP contribution in [0.15, 0.2) is 42.0 Å². The van der Waals surface area contributed by atoms with Crippen molar-refractivity contribution in [3.8, 4) is 11.8 Å². The van der Waals surface area contributed by atoms with Gasteiger partial charge in [-0.1, -0.05) is 17.9 Å². The van der Waals surface area contributed by atoms with Crippen LogP contribution in [0.4, 0.5) is 0 Å². The van der Waals surface area contributed by atoms with Crippen molar-refractivity contribution in [2.24, 2.45) is 0 Å². The van der Waals surface area contributed by atoms with Gasteiger partial charge in [0.15, 0.2) is 5.65 Å². The van der Waals surface area contributed by atoms with E-state index in [-0.39, 0.29) is 0 Å². The summed E-state index contributed by atoms with van der Waals surface area (Å²) in [7, 11) is 0. The number of rotatable bonds is 2. The van der Waals surface area contributed by atoms with Crippen molar-refractivity contribution >= 4 is 17.0 Å². The smallest absolute Gasteiger partial charge is 0.155 e. The second-order valence-corrected chi connectivity index (χ2v) is 4.78. The Hall–Kier alpha value is -2.12. The van der Waals surface area contributed by atoms with Gasteiger partial charge in [-0.15, -0.1) is 11.3 Å². The lowest BCUT2D eigenvalue weighted by Gasteiger charge is -1.97. The number of fused-ring (bicyclic) bond motifs is 1. The van der Waals surface area contributed by atoms with E-state index in [0.29, 0.717) is 0 Å². The topological polar surface area (TPSA) is 30.2 Å². The van der Waals surface area contributed by atoms with Crippen LogP contribution in [0.3, 0.4) is 0 Å². The summed E-state index contributed by atoms with van der Waals surface area (Å²) >= 11 is 1.67. The lowest BCUT2D eigenvalue weighted by molar-refractivity contribution is 0.895. The van der Waals surface area contributed by atoms with Gasteiger partial charge in [-0.3, -0.25) is 0 Å². The summed E-state index contributed by atoms with van der Waals surface area (Å²) in [5.41, 5.74) is 1.95. The number of thiophene rings is 1. The zero-order valence-corrected chi connectivity index (χ0v) is 10.5. The van der Waals surface area contributed by atoms with E-state index < -0.39 is 0 Å². The molecule has 0 fully saturated rings. The molecule has 0 aliphatic rings. The predicted molar refractivity (Wildman–Crippen MR) is 72.5 cm³/mol.